The average molecular weight is 241 g/mol. The van der Waals surface area contributed by atoms with E-state index in [-0.39, 0.29) is 0 Å². The highest BCUT2D eigenvalue weighted by Crippen LogP contribution is 2.32. The fraction of sp³-hybridized carbons (Fsp3) is 0.200. The Morgan fingerprint density at radius 2 is 1.83 bits per heavy atom. The number of methoxy groups -OCH3 is 1. The fourth-order valence-corrected chi connectivity index (χ4v) is 2.10. The second-order valence-corrected chi connectivity index (χ2v) is 4.21. The van der Waals surface area contributed by atoms with Crippen LogP contribution in [0.4, 0.5) is 5.69 Å². The summed E-state index contributed by atoms with van der Waals surface area (Å²) in [6.07, 6.45) is 0. The molecule has 0 radical (unpaired) electrons. The molecular weight excluding hydrogens is 226 g/mol. The molecule has 2 aromatic rings. The molecule has 1 heterocycles. The molecule has 0 aromatic heterocycles. The molecule has 0 atom stereocenters. The van der Waals surface area contributed by atoms with Crippen LogP contribution < -0.4 is 14.8 Å². The summed E-state index contributed by atoms with van der Waals surface area (Å²) in [5.74, 6) is 1.80. The number of anilines is 1. The second kappa shape index (κ2) is 4.61. The number of rotatable bonds is 2. The van der Waals surface area contributed by atoms with Crippen molar-refractivity contribution in [3.63, 3.8) is 0 Å². The van der Waals surface area contributed by atoms with Crippen molar-refractivity contribution in [2.75, 3.05) is 25.6 Å². The summed E-state index contributed by atoms with van der Waals surface area (Å²) in [6, 6.07) is 14.3. The SMILES string of the molecule is COc1ccc(-c2ccc3c(c2)NCCO3)cc1. The van der Waals surface area contributed by atoms with E-state index in [0.717, 1.165) is 30.3 Å². The van der Waals surface area contributed by atoms with E-state index in [1.807, 2.05) is 18.2 Å². The van der Waals surface area contributed by atoms with Gasteiger partial charge in [0.1, 0.15) is 18.1 Å². The summed E-state index contributed by atoms with van der Waals surface area (Å²) < 4.78 is 10.7. The van der Waals surface area contributed by atoms with E-state index in [1.165, 1.54) is 11.1 Å². The van der Waals surface area contributed by atoms with Gasteiger partial charge in [-0.1, -0.05) is 18.2 Å². The van der Waals surface area contributed by atoms with Crippen molar-refractivity contribution in [3.8, 4) is 22.6 Å². The Morgan fingerprint density at radius 1 is 1.06 bits per heavy atom. The highest BCUT2D eigenvalue weighted by molar-refractivity contribution is 5.72. The number of nitrogens with one attached hydrogen (secondary N) is 1. The van der Waals surface area contributed by atoms with Crippen LogP contribution in [0.25, 0.3) is 11.1 Å². The molecule has 3 nitrogen and oxygen atoms in total. The van der Waals surface area contributed by atoms with Crippen LogP contribution in [0.15, 0.2) is 42.5 Å². The van der Waals surface area contributed by atoms with Crippen LogP contribution in [-0.4, -0.2) is 20.3 Å². The molecule has 1 aliphatic rings. The van der Waals surface area contributed by atoms with Gasteiger partial charge in [-0.2, -0.15) is 0 Å². The van der Waals surface area contributed by atoms with Gasteiger partial charge in [-0.15, -0.1) is 0 Å². The third-order valence-corrected chi connectivity index (χ3v) is 3.08. The average Bonchev–Trinajstić information content (AvgIpc) is 2.47. The molecule has 1 N–H and O–H groups in total. The lowest BCUT2D eigenvalue weighted by molar-refractivity contribution is 0.323. The zero-order valence-corrected chi connectivity index (χ0v) is 10.3. The van der Waals surface area contributed by atoms with Gasteiger partial charge < -0.3 is 14.8 Å². The smallest absolute Gasteiger partial charge is 0.142 e. The Labute approximate surface area is 106 Å². The molecule has 92 valence electrons. The zero-order chi connectivity index (χ0) is 12.4. The summed E-state index contributed by atoms with van der Waals surface area (Å²) in [7, 11) is 1.68. The van der Waals surface area contributed by atoms with Crippen LogP contribution in [0, 0.1) is 0 Å². The zero-order valence-electron chi connectivity index (χ0n) is 10.3. The maximum Gasteiger partial charge on any atom is 0.142 e. The lowest BCUT2D eigenvalue weighted by Crippen LogP contribution is -2.17. The maximum atomic E-state index is 5.57. The third kappa shape index (κ3) is 1.99. The molecule has 0 saturated heterocycles. The second-order valence-electron chi connectivity index (χ2n) is 4.21. The number of hydrogen-bond donors (Lipinski definition) is 1. The van der Waals surface area contributed by atoms with E-state index in [1.54, 1.807) is 7.11 Å². The Morgan fingerprint density at radius 3 is 2.61 bits per heavy atom. The van der Waals surface area contributed by atoms with Crippen molar-refractivity contribution in [3.05, 3.63) is 42.5 Å². The molecular formula is C15H15NO2. The molecule has 3 rings (SSSR count). The summed E-state index contributed by atoms with van der Waals surface area (Å²) in [4.78, 5) is 0. The molecule has 2 aromatic carbocycles. The molecule has 0 unspecified atom stereocenters. The molecule has 0 bridgehead atoms. The standard InChI is InChI=1S/C15H15NO2/c1-17-13-5-2-11(3-6-13)12-4-7-15-14(10-12)16-8-9-18-15/h2-7,10,16H,8-9H2,1H3. The van der Waals surface area contributed by atoms with E-state index < -0.39 is 0 Å². The van der Waals surface area contributed by atoms with Crippen LogP contribution in [0.5, 0.6) is 11.5 Å². The Hall–Kier alpha value is -2.16. The Kier molecular flexibility index (Phi) is 2.81. The minimum atomic E-state index is 0.731. The van der Waals surface area contributed by atoms with Crippen LogP contribution >= 0.6 is 0 Å². The van der Waals surface area contributed by atoms with Gasteiger partial charge >= 0.3 is 0 Å². The maximum absolute atomic E-state index is 5.57. The predicted octanol–water partition coefficient (Wildman–Crippen LogP) is 3.17. The summed E-state index contributed by atoms with van der Waals surface area (Å²) in [6.45, 7) is 1.59. The monoisotopic (exact) mass is 241 g/mol. The molecule has 0 amide bonds. The van der Waals surface area contributed by atoms with Crippen molar-refractivity contribution in [1.82, 2.24) is 0 Å². The van der Waals surface area contributed by atoms with E-state index in [2.05, 4.69) is 29.6 Å². The third-order valence-electron chi connectivity index (χ3n) is 3.08. The number of hydrogen-bond acceptors (Lipinski definition) is 3. The number of fused-ring (bicyclic) bond motifs is 1. The number of ether oxygens (including phenoxy) is 2. The van der Waals surface area contributed by atoms with Crippen molar-refractivity contribution >= 4 is 5.69 Å². The quantitative estimate of drug-likeness (QED) is 0.876. The van der Waals surface area contributed by atoms with Crippen LogP contribution in [0.3, 0.4) is 0 Å². The molecule has 18 heavy (non-hydrogen) atoms. The van der Waals surface area contributed by atoms with Gasteiger partial charge in [-0.05, 0) is 35.4 Å². The lowest BCUT2D eigenvalue weighted by atomic mass is 10.0. The predicted molar refractivity (Wildman–Crippen MR) is 72.4 cm³/mol. The number of benzene rings is 2. The fourth-order valence-electron chi connectivity index (χ4n) is 2.10. The van der Waals surface area contributed by atoms with Crippen molar-refractivity contribution in [2.45, 2.75) is 0 Å². The minimum absolute atomic E-state index is 0.731. The van der Waals surface area contributed by atoms with Gasteiger partial charge in [0.05, 0.1) is 12.8 Å². The highest BCUT2D eigenvalue weighted by Gasteiger charge is 2.10. The summed E-state index contributed by atoms with van der Waals surface area (Å²) in [5, 5.41) is 3.35. The van der Waals surface area contributed by atoms with E-state index in [9.17, 15) is 0 Å². The summed E-state index contributed by atoms with van der Waals surface area (Å²) >= 11 is 0. The molecule has 3 heteroatoms. The van der Waals surface area contributed by atoms with Crippen LogP contribution in [-0.2, 0) is 0 Å². The topological polar surface area (TPSA) is 30.5 Å². The first-order chi connectivity index (χ1) is 8.86. The van der Waals surface area contributed by atoms with Crippen molar-refractivity contribution in [1.29, 1.82) is 0 Å². The van der Waals surface area contributed by atoms with E-state index >= 15 is 0 Å². The van der Waals surface area contributed by atoms with Crippen molar-refractivity contribution < 1.29 is 9.47 Å². The summed E-state index contributed by atoms with van der Waals surface area (Å²) in [5.41, 5.74) is 3.41. The van der Waals surface area contributed by atoms with Gasteiger partial charge in [0.15, 0.2) is 0 Å². The van der Waals surface area contributed by atoms with Crippen LogP contribution in [0.1, 0.15) is 0 Å². The normalized spacial score (nSPS) is 13.2. The molecule has 0 saturated carbocycles. The molecule has 1 aliphatic heterocycles. The highest BCUT2D eigenvalue weighted by atomic mass is 16.5. The molecule has 0 spiro atoms. The van der Waals surface area contributed by atoms with Crippen LogP contribution in [0.2, 0.25) is 0 Å². The van der Waals surface area contributed by atoms with E-state index in [4.69, 9.17) is 9.47 Å². The Bertz CT molecular complexity index is 549. The van der Waals surface area contributed by atoms with Crippen molar-refractivity contribution in [2.24, 2.45) is 0 Å². The lowest BCUT2D eigenvalue weighted by Gasteiger charge is -2.19. The van der Waals surface area contributed by atoms with E-state index in [0.29, 0.717) is 0 Å². The van der Waals surface area contributed by atoms with Gasteiger partial charge in [-0.25, -0.2) is 0 Å². The largest absolute Gasteiger partial charge is 0.497 e. The Balaban J connectivity index is 1.95. The minimum Gasteiger partial charge on any atom is -0.497 e. The first kappa shape index (κ1) is 11.0. The molecule has 0 fully saturated rings. The van der Waals surface area contributed by atoms with Gasteiger partial charge in [0.2, 0.25) is 0 Å². The molecule has 0 aliphatic carbocycles. The van der Waals surface area contributed by atoms with Gasteiger partial charge in [0, 0.05) is 6.54 Å². The first-order valence-electron chi connectivity index (χ1n) is 6.02. The first-order valence-corrected chi connectivity index (χ1v) is 6.02. The van der Waals surface area contributed by atoms with Gasteiger partial charge in [0.25, 0.3) is 0 Å². The van der Waals surface area contributed by atoms with Gasteiger partial charge in [-0.3, -0.25) is 0 Å².